The molecule has 0 amide bonds. The highest BCUT2D eigenvalue weighted by molar-refractivity contribution is 6.32. The number of rotatable bonds is 5. The maximum Gasteiger partial charge on any atom is 0.417 e. The van der Waals surface area contributed by atoms with Crippen molar-refractivity contribution in [2.24, 2.45) is 7.05 Å². The number of hydrogen-bond donors (Lipinski definition) is 1. The summed E-state index contributed by atoms with van der Waals surface area (Å²) in [6.45, 7) is 3.43. The number of halogens is 4. The molecule has 0 saturated heterocycles. The lowest BCUT2D eigenvalue weighted by molar-refractivity contribution is -0.137. The van der Waals surface area contributed by atoms with Crippen LogP contribution in [0.2, 0.25) is 5.02 Å². The van der Waals surface area contributed by atoms with Gasteiger partial charge in [0.25, 0.3) is 0 Å². The van der Waals surface area contributed by atoms with Crippen molar-refractivity contribution in [3.63, 3.8) is 0 Å². The van der Waals surface area contributed by atoms with Gasteiger partial charge >= 0.3 is 6.18 Å². The third kappa shape index (κ3) is 4.16. The van der Waals surface area contributed by atoms with E-state index in [0.717, 1.165) is 6.07 Å². The van der Waals surface area contributed by atoms with Crippen LogP contribution in [0.15, 0.2) is 36.4 Å². The molecule has 10 heteroatoms. The molecule has 6 nitrogen and oxygen atoms in total. The van der Waals surface area contributed by atoms with Crippen LogP contribution in [0.3, 0.4) is 0 Å². The molecule has 30 heavy (non-hydrogen) atoms. The SMILES string of the molecule is COc1ccc(-c2nnc(C(C)(C)Oc3ccc(N)cc3Cl)n2C)c(C(F)(F)F)c1. The van der Waals surface area contributed by atoms with Crippen molar-refractivity contribution in [3.05, 3.63) is 52.8 Å². The molecule has 0 bridgehead atoms. The fourth-order valence-electron chi connectivity index (χ4n) is 3.09. The van der Waals surface area contributed by atoms with Crippen molar-refractivity contribution in [2.75, 3.05) is 12.8 Å². The quantitative estimate of drug-likeness (QED) is 0.561. The molecule has 2 N–H and O–H groups in total. The standard InChI is InChI=1S/C20H20ClF3N4O2/c1-19(2,30-16-8-5-11(25)9-15(16)21)18-27-26-17(28(18)3)13-7-6-12(29-4)10-14(13)20(22,23)24/h5-10H,25H2,1-4H3. The van der Waals surface area contributed by atoms with E-state index in [1.54, 1.807) is 39.1 Å². The van der Waals surface area contributed by atoms with Gasteiger partial charge in [0, 0.05) is 18.3 Å². The minimum atomic E-state index is -4.60. The zero-order valence-corrected chi connectivity index (χ0v) is 17.5. The van der Waals surface area contributed by atoms with E-state index < -0.39 is 17.3 Å². The summed E-state index contributed by atoms with van der Waals surface area (Å²) in [5.41, 5.74) is 4.13. The van der Waals surface area contributed by atoms with E-state index in [0.29, 0.717) is 22.3 Å². The molecule has 0 spiro atoms. The highest BCUT2D eigenvalue weighted by Crippen LogP contribution is 2.40. The van der Waals surface area contributed by atoms with Crippen molar-refractivity contribution >= 4 is 17.3 Å². The average molecular weight is 441 g/mol. The third-order valence-electron chi connectivity index (χ3n) is 4.51. The van der Waals surface area contributed by atoms with Crippen LogP contribution >= 0.6 is 11.6 Å². The van der Waals surface area contributed by atoms with E-state index in [-0.39, 0.29) is 17.1 Å². The summed E-state index contributed by atoms with van der Waals surface area (Å²) in [7, 11) is 2.88. The largest absolute Gasteiger partial charge is 0.497 e. The first-order valence-corrected chi connectivity index (χ1v) is 9.21. The van der Waals surface area contributed by atoms with Crippen molar-refractivity contribution in [1.29, 1.82) is 0 Å². The minimum Gasteiger partial charge on any atom is -0.497 e. The van der Waals surface area contributed by atoms with E-state index in [1.165, 1.54) is 23.8 Å². The number of ether oxygens (including phenoxy) is 2. The lowest BCUT2D eigenvalue weighted by atomic mass is 10.1. The smallest absolute Gasteiger partial charge is 0.417 e. The van der Waals surface area contributed by atoms with Crippen LogP contribution in [0.4, 0.5) is 18.9 Å². The molecule has 3 aromatic rings. The molecule has 1 aromatic heterocycles. The average Bonchev–Trinajstić information content (AvgIpc) is 3.05. The number of benzene rings is 2. The number of anilines is 1. The van der Waals surface area contributed by atoms with Crippen LogP contribution in [0.5, 0.6) is 11.5 Å². The minimum absolute atomic E-state index is 0.0417. The summed E-state index contributed by atoms with van der Waals surface area (Å²) in [5, 5.41) is 8.40. The Bertz CT molecular complexity index is 1080. The molecule has 0 aliphatic rings. The van der Waals surface area contributed by atoms with Crippen molar-refractivity contribution in [2.45, 2.75) is 25.6 Å². The lowest BCUT2D eigenvalue weighted by Crippen LogP contribution is -2.29. The van der Waals surface area contributed by atoms with Crippen LogP contribution in [0.1, 0.15) is 25.2 Å². The molecule has 0 saturated carbocycles. The second-order valence-electron chi connectivity index (χ2n) is 7.12. The summed E-state index contributed by atoms with van der Waals surface area (Å²) in [4.78, 5) is 0. The lowest BCUT2D eigenvalue weighted by Gasteiger charge is -2.26. The Kier molecular flexibility index (Phi) is 5.60. The van der Waals surface area contributed by atoms with Gasteiger partial charge in [0.2, 0.25) is 0 Å². The molecule has 160 valence electrons. The van der Waals surface area contributed by atoms with E-state index in [4.69, 9.17) is 26.8 Å². The zero-order valence-electron chi connectivity index (χ0n) is 16.7. The molecule has 0 unspecified atom stereocenters. The van der Waals surface area contributed by atoms with Crippen molar-refractivity contribution in [1.82, 2.24) is 14.8 Å². The highest BCUT2D eigenvalue weighted by atomic mass is 35.5. The van der Waals surface area contributed by atoms with Crippen LogP contribution in [-0.4, -0.2) is 21.9 Å². The van der Waals surface area contributed by atoms with Gasteiger partial charge in [-0.3, -0.25) is 0 Å². The molecular formula is C20H20ClF3N4O2. The summed E-state index contributed by atoms with van der Waals surface area (Å²) in [6, 6.07) is 8.46. The van der Waals surface area contributed by atoms with Gasteiger partial charge in [0.1, 0.15) is 11.5 Å². The first-order chi connectivity index (χ1) is 13.9. The van der Waals surface area contributed by atoms with Crippen molar-refractivity contribution in [3.8, 4) is 22.9 Å². The fraction of sp³-hybridized carbons (Fsp3) is 0.300. The number of methoxy groups -OCH3 is 1. The van der Waals surface area contributed by atoms with Crippen LogP contribution in [0.25, 0.3) is 11.4 Å². The first-order valence-electron chi connectivity index (χ1n) is 8.83. The molecular weight excluding hydrogens is 421 g/mol. The summed E-state index contributed by atoms with van der Waals surface area (Å²) in [6.07, 6.45) is -4.60. The molecule has 0 radical (unpaired) electrons. The van der Waals surface area contributed by atoms with Crippen molar-refractivity contribution < 1.29 is 22.6 Å². The van der Waals surface area contributed by atoms with E-state index in [2.05, 4.69) is 10.2 Å². The number of alkyl halides is 3. The maximum atomic E-state index is 13.6. The number of hydrogen-bond acceptors (Lipinski definition) is 5. The number of nitrogens with two attached hydrogens (primary N) is 1. The molecule has 2 aromatic carbocycles. The Balaban J connectivity index is 2.04. The molecule has 0 atom stereocenters. The van der Waals surface area contributed by atoms with Gasteiger partial charge in [0.05, 0.1) is 17.7 Å². The predicted molar refractivity (Wildman–Crippen MR) is 108 cm³/mol. The Hall–Kier alpha value is -2.94. The van der Waals surface area contributed by atoms with Crippen LogP contribution in [0, 0.1) is 0 Å². The second-order valence-corrected chi connectivity index (χ2v) is 7.52. The normalized spacial score (nSPS) is 12.1. The number of nitrogen functional groups attached to an aromatic ring is 1. The Morgan fingerprint density at radius 3 is 2.37 bits per heavy atom. The summed E-state index contributed by atoms with van der Waals surface area (Å²) >= 11 is 6.18. The fourth-order valence-corrected chi connectivity index (χ4v) is 3.32. The van der Waals surface area contributed by atoms with Gasteiger partial charge in [-0.15, -0.1) is 10.2 Å². The molecule has 1 heterocycles. The van der Waals surface area contributed by atoms with Gasteiger partial charge in [-0.05, 0) is 50.2 Å². The van der Waals surface area contributed by atoms with E-state index >= 15 is 0 Å². The van der Waals surface area contributed by atoms with E-state index in [9.17, 15) is 13.2 Å². The summed E-state index contributed by atoms with van der Waals surface area (Å²) in [5.74, 6) is 0.811. The van der Waals surface area contributed by atoms with Gasteiger partial charge in [-0.25, -0.2) is 0 Å². The molecule has 0 aliphatic heterocycles. The highest BCUT2D eigenvalue weighted by Gasteiger charge is 2.37. The number of aromatic nitrogens is 3. The predicted octanol–water partition coefficient (Wildman–Crippen LogP) is 5.06. The maximum absolute atomic E-state index is 13.6. The first kappa shape index (κ1) is 21.8. The Morgan fingerprint density at radius 1 is 1.07 bits per heavy atom. The number of nitrogens with zero attached hydrogens (tertiary/aromatic N) is 3. The monoisotopic (exact) mass is 440 g/mol. The topological polar surface area (TPSA) is 75.2 Å². The van der Waals surface area contributed by atoms with Gasteiger partial charge in [-0.1, -0.05) is 11.6 Å². The van der Waals surface area contributed by atoms with Gasteiger partial charge in [-0.2, -0.15) is 13.2 Å². The molecule has 0 fully saturated rings. The molecule has 3 rings (SSSR count). The second kappa shape index (κ2) is 7.71. The van der Waals surface area contributed by atoms with Gasteiger partial charge in [0.15, 0.2) is 17.2 Å². The zero-order chi connectivity index (χ0) is 22.3. The Labute approximate surface area is 176 Å². The summed E-state index contributed by atoms with van der Waals surface area (Å²) < 4.78 is 53.3. The third-order valence-corrected chi connectivity index (χ3v) is 4.80. The van der Waals surface area contributed by atoms with Crippen LogP contribution < -0.4 is 15.2 Å². The molecule has 0 aliphatic carbocycles. The van der Waals surface area contributed by atoms with Gasteiger partial charge < -0.3 is 19.8 Å². The van der Waals surface area contributed by atoms with Crippen LogP contribution in [-0.2, 0) is 18.8 Å². The van der Waals surface area contributed by atoms with E-state index in [1.807, 2.05) is 0 Å². The Morgan fingerprint density at radius 2 is 1.77 bits per heavy atom.